The molecule has 0 bridgehead atoms. The average Bonchev–Trinajstić information content (AvgIpc) is 0.681. The van der Waals surface area contributed by atoms with Gasteiger partial charge in [0.05, 0.1) is 0 Å². The van der Waals surface area contributed by atoms with Gasteiger partial charge in [0.2, 0.25) is 0 Å². The number of hydrogen-bond donors (Lipinski definition) is 0. The average molecular weight is 1700 g/mol. The fraction of sp³-hybridized carbons (Fsp3) is 0. The van der Waals surface area contributed by atoms with E-state index < -0.39 is 0 Å². The van der Waals surface area contributed by atoms with Crippen LogP contribution in [-0.2, 0) is 0 Å². The second kappa shape index (κ2) is 34.9. The van der Waals surface area contributed by atoms with Gasteiger partial charge in [0.1, 0.15) is 0 Å². The molecule has 0 saturated heterocycles. The maximum absolute atomic E-state index is 2.40. The lowest BCUT2D eigenvalue weighted by atomic mass is 9.84. The molecule has 26 aromatic carbocycles. The zero-order valence-corrected chi connectivity index (χ0v) is 73.8. The van der Waals surface area contributed by atoms with E-state index >= 15 is 0 Å². The molecule has 0 aliphatic carbocycles. The maximum Gasteiger partial charge on any atom is -0.00201 e. The second-order valence-corrected chi connectivity index (χ2v) is 35.0. The van der Waals surface area contributed by atoms with Gasteiger partial charge in [0, 0.05) is 0 Å². The Hall–Kier alpha value is -17.4. The van der Waals surface area contributed by atoms with E-state index in [1.807, 2.05) is 0 Å². The molecule has 0 aromatic heterocycles. The lowest BCUT2D eigenvalue weighted by Crippen LogP contribution is -1.92. The zero-order chi connectivity index (χ0) is 88.8. The van der Waals surface area contributed by atoms with Crippen LogP contribution in [0.25, 0.3) is 252 Å². The van der Waals surface area contributed by atoms with Crippen molar-refractivity contribution in [3.05, 3.63) is 534 Å². The second-order valence-electron chi connectivity index (χ2n) is 35.0. The maximum atomic E-state index is 2.40. The lowest BCUT2D eigenvalue weighted by Gasteiger charge is -2.19. The highest BCUT2D eigenvalue weighted by atomic mass is 14.3. The Morgan fingerprint density at radius 1 is 0.0746 bits per heavy atom. The van der Waals surface area contributed by atoms with Crippen LogP contribution < -0.4 is 0 Å². The summed E-state index contributed by atoms with van der Waals surface area (Å²) in [6, 6.07) is 195. The van der Waals surface area contributed by atoms with Crippen LogP contribution in [0.5, 0.6) is 0 Å². The van der Waals surface area contributed by atoms with Crippen LogP contribution in [0.3, 0.4) is 0 Å². The molecule has 0 aliphatic heterocycles. The molecule has 0 fully saturated rings. The Morgan fingerprint density at radius 2 is 0.269 bits per heavy atom. The number of hydrogen-bond acceptors (Lipinski definition) is 0. The summed E-state index contributed by atoms with van der Waals surface area (Å²) in [4.78, 5) is 0. The molecule has 0 spiro atoms. The summed E-state index contributed by atoms with van der Waals surface area (Å²) in [5.41, 5.74) is 30.0. The molecule has 0 amide bonds. The Bertz CT molecular complexity index is 8850. The van der Waals surface area contributed by atoms with Crippen LogP contribution in [0, 0.1) is 0 Å². The fourth-order valence-electron chi connectivity index (χ4n) is 21.1. The van der Waals surface area contributed by atoms with Crippen molar-refractivity contribution in [2.24, 2.45) is 0 Å². The van der Waals surface area contributed by atoms with Gasteiger partial charge < -0.3 is 0 Å². The SMILES string of the molecule is c1ccc(-c2c3ccccc3c(-c3cccc4ccc(-c5ccccc5-c5ccc6ccccc6c5)cc34)c3ccccc23)cc1.c1ccc(-c2ccc(-c3ccc4cccc(-c5c6ccccc6c(-c6ccccc6)c6ccccc56)c4c3)cc2)cc1.c1ccc(-c2cccc(-c3ccc4cccc(-c5c6ccccc6c(-c6ccc7ccccc7c6)c6ccccc56)c4c3)c2)cc1. The number of benzene rings is 26. The highest BCUT2D eigenvalue weighted by molar-refractivity contribution is 6.27. The first-order chi connectivity index (χ1) is 66.5. The van der Waals surface area contributed by atoms with E-state index in [2.05, 4.69) is 534 Å². The van der Waals surface area contributed by atoms with E-state index in [9.17, 15) is 0 Å². The molecule has 0 heteroatoms. The third kappa shape index (κ3) is 14.7. The Kier molecular flexibility index (Phi) is 20.8. The number of rotatable bonds is 12. The molecule has 0 N–H and O–H groups in total. The third-order valence-electron chi connectivity index (χ3n) is 27.3. The first-order valence-electron chi connectivity index (χ1n) is 46.4. The van der Waals surface area contributed by atoms with Crippen LogP contribution in [-0.4, -0.2) is 0 Å². The zero-order valence-electron chi connectivity index (χ0n) is 73.8. The Morgan fingerprint density at radius 3 is 0.642 bits per heavy atom. The van der Waals surface area contributed by atoms with E-state index in [1.165, 1.54) is 252 Å². The van der Waals surface area contributed by atoms with Crippen LogP contribution in [0.2, 0.25) is 0 Å². The van der Waals surface area contributed by atoms with Gasteiger partial charge in [-0.05, 0) is 288 Å². The van der Waals surface area contributed by atoms with Gasteiger partial charge in [-0.1, -0.05) is 497 Å². The standard InChI is InChI=1S/2C46H30.C42H28/c1-2-12-31(13-3-1)35-17-10-18-36(28-35)37-26-25-33-16-11-23-43(44(33)30-37)46-41-21-8-6-19-39(41)45(40-20-7-9-22-42(40)46)38-27-24-32-14-4-5-15-34(32)29-38;1-2-14-33(15-3-1)45-39-20-8-10-22-41(39)46(42-23-11-9-21-40(42)45)43-24-12-17-32-26-28-36(30-44(32)43)38-19-7-6-18-37(38)35-27-25-31-13-4-5-16-34(31)29-35;1-3-12-29(13-4-1)30-22-24-31(25-23-30)34-27-26-32-16-11-21-39(40(32)28-34)42-37-19-9-7-17-35(37)41(33-14-5-2-6-15-33)36-18-8-10-20-38(36)42/h2*1-30H;1-28H. The van der Waals surface area contributed by atoms with Crippen molar-refractivity contribution < 1.29 is 0 Å². The van der Waals surface area contributed by atoms with Crippen molar-refractivity contribution in [3.8, 4) is 134 Å². The first-order valence-corrected chi connectivity index (χ1v) is 46.4. The summed E-state index contributed by atoms with van der Waals surface area (Å²) in [6.45, 7) is 0. The van der Waals surface area contributed by atoms with Crippen LogP contribution >= 0.6 is 0 Å². The van der Waals surface area contributed by atoms with Gasteiger partial charge in [-0.2, -0.15) is 0 Å². The largest absolute Gasteiger partial charge is 0.0622 e. The van der Waals surface area contributed by atoms with Gasteiger partial charge in [-0.25, -0.2) is 0 Å². The predicted octanol–water partition coefficient (Wildman–Crippen LogP) is 37.7. The van der Waals surface area contributed by atoms with E-state index in [0.717, 1.165) is 0 Å². The minimum Gasteiger partial charge on any atom is -0.0622 e. The Balaban J connectivity index is 0.000000111. The van der Waals surface area contributed by atoms with Crippen molar-refractivity contribution in [2.45, 2.75) is 0 Å². The van der Waals surface area contributed by atoms with E-state index in [4.69, 9.17) is 0 Å². The van der Waals surface area contributed by atoms with Crippen LogP contribution in [0.15, 0.2) is 534 Å². The molecule has 134 heavy (non-hydrogen) atoms. The van der Waals surface area contributed by atoms with Gasteiger partial charge >= 0.3 is 0 Å². The smallest absolute Gasteiger partial charge is 0.00201 e. The molecular formula is C134H88. The highest BCUT2D eigenvalue weighted by Gasteiger charge is 2.24. The summed E-state index contributed by atoms with van der Waals surface area (Å²) < 4.78 is 0. The first kappa shape index (κ1) is 79.9. The topological polar surface area (TPSA) is 0 Å². The molecule has 0 saturated carbocycles. The van der Waals surface area contributed by atoms with E-state index in [0.29, 0.717) is 0 Å². The molecule has 0 heterocycles. The molecule has 26 rings (SSSR count). The van der Waals surface area contributed by atoms with Crippen molar-refractivity contribution in [3.63, 3.8) is 0 Å². The molecule has 0 radical (unpaired) electrons. The highest BCUT2D eigenvalue weighted by Crippen LogP contribution is 2.51. The van der Waals surface area contributed by atoms with Crippen LogP contribution in [0.4, 0.5) is 0 Å². The van der Waals surface area contributed by atoms with Gasteiger partial charge in [0.25, 0.3) is 0 Å². The monoisotopic (exact) mass is 1700 g/mol. The molecule has 624 valence electrons. The number of fused-ring (bicyclic) bond motifs is 11. The van der Waals surface area contributed by atoms with Gasteiger partial charge in [0.15, 0.2) is 0 Å². The molecule has 0 atom stereocenters. The molecule has 26 aromatic rings. The molecule has 0 unspecified atom stereocenters. The molecule has 0 aliphatic rings. The van der Waals surface area contributed by atoms with Crippen molar-refractivity contribution in [1.29, 1.82) is 0 Å². The quantitative estimate of drug-likeness (QED) is 0.107. The normalized spacial score (nSPS) is 11.4. The Labute approximate surface area is 780 Å². The summed E-state index contributed by atoms with van der Waals surface area (Å²) >= 11 is 0. The van der Waals surface area contributed by atoms with E-state index in [-0.39, 0.29) is 0 Å². The van der Waals surface area contributed by atoms with Gasteiger partial charge in [-0.3, -0.25) is 0 Å². The van der Waals surface area contributed by atoms with Crippen molar-refractivity contribution >= 4 is 118 Å². The minimum atomic E-state index is 1.22. The summed E-state index contributed by atoms with van der Waals surface area (Å²) in [7, 11) is 0. The van der Waals surface area contributed by atoms with Crippen LogP contribution in [0.1, 0.15) is 0 Å². The van der Waals surface area contributed by atoms with Gasteiger partial charge in [-0.15, -0.1) is 0 Å². The van der Waals surface area contributed by atoms with E-state index in [1.54, 1.807) is 0 Å². The molecular weight excluding hydrogens is 1610 g/mol. The minimum absolute atomic E-state index is 1.22. The summed E-state index contributed by atoms with van der Waals surface area (Å²) in [6.07, 6.45) is 0. The lowest BCUT2D eigenvalue weighted by molar-refractivity contribution is 1.60. The van der Waals surface area contributed by atoms with Crippen molar-refractivity contribution in [1.82, 2.24) is 0 Å². The summed E-state index contributed by atoms with van der Waals surface area (Å²) in [5, 5.41) is 27.9. The third-order valence-corrected chi connectivity index (χ3v) is 27.3. The molecule has 0 nitrogen and oxygen atoms in total. The summed E-state index contributed by atoms with van der Waals surface area (Å²) in [5.74, 6) is 0. The fourth-order valence-corrected chi connectivity index (χ4v) is 21.1. The predicted molar refractivity (Wildman–Crippen MR) is 577 cm³/mol. The van der Waals surface area contributed by atoms with Crippen molar-refractivity contribution in [2.75, 3.05) is 0 Å².